The molecule has 0 amide bonds. The van der Waals surface area contributed by atoms with Gasteiger partial charge in [-0.3, -0.25) is 9.97 Å². The molecule has 0 aliphatic carbocycles. The van der Waals surface area contributed by atoms with Gasteiger partial charge in [0, 0.05) is 23.8 Å². The number of carbonyl (C=O) groups is 2. The van der Waals surface area contributed by atoms with Gasteiger partial charge < -0.3 is 21.7 Å². The van der Waals surface area contributed by atoms with Crippen LogP contribution in [0, 0.1) is 0 Å². The smallest absolute Gasteiger partial charge is 0.335 e. The van der Waals surface area contributed by atoms with E-state index in [9.17, 15) is 9.59 Å². The van der Waals surface area contributed by atoms with Crippen LogP contribution in [0.15, 0.2) is 97.3 Å². The molecule has 0 saturated heterocycles. The summed E-state index contributed by atoms with van der Waals surface area (Å²) in [6, 6.07) is 23.7. The topological polar surface area (TPSA) is 152 Å². The zero-order valence-corrected chi connectivity index (χ0v) is 17.0. The Kier molecular flexibility index (Phi) is 8.90. The van der Waals surface area contributed by atoms with Gasteiger partial charge in [0.1, 0.15) is 0 Å². The summed E-state index contributed by atoms with van der Waals surface area (Å²) < 4.78 is 0. The highest BCUT2D eigenvalue weighted by Gasteiger charge is 1.99. The van der Waals surface area contributed by atoms with E-state index >= 15 is 0 Å². The Morgan fingerprint density at radius 1 is 0.562 bits per heavy atom. The van der Waals surface area contributed by atoms with Crippen LogP contribution in [0.25, 0.3) is 11.4 Å². The van der Waals surface area contributed by atoms with E-state index in [4.69, 9.17) is 21.7 Å². The Bertz CT molecular complexity index is 1030. The van der Waals surface area contributed by atoms with Crippen LogP contribution in [0.3, 0.4) is 0 Å². The van der Waals surface area contributed by atoms with Crippen molar-refractivity contribution < 1.29 is 19.8 Å². The maximum absolute atomic E-state index is 10.3. The summed E-state index contributed by atoms with van der Waals surface area (Å²) in [7, 11) is 0. The molecule has 8 heteroatoms. The fourth-order valence-electron chi connectivity index (χ4n) is 2.28. The molecule has 0 saturated carbocycles. The van der Waals surface area contributed by atoms with E-state index < -0.39 is 11.9 Å². The summed E-state index contributed by atoms with van der Waals surface area (Å²) in [5, 5.41) is 16.9. The number of carboxylic acids is 2. The van der Waals surface area contributed by atoms with E-state index in [0.717, 1.165) is 11.4 Å². The van der Waals surface area contributed by atoms with E-state index in [2.05, 4.69) is 9.97 Å². The standard InChI is InChI=1S/C10H8N2.2C7H7NO2/c1-3-7-11-9(5-1)10-6-2-4-8-12-10;2*8-6-3-1-5(2-4-6)7(9)10/h1-8H;2*1-4H,8H2,(H,9,10). The van der Waals surface area contributed by atoms with Crippen LogP contribution in [-0.2, 0) is 0 Å². The molecule has 162 valence electrons. The van der Waals surface area contributed by atoms with Crippen molar-refractivity contribution in [3.63, 3.8) is 0 Å². The Morgan fingerprint density at radius 2 is 0.906 bits per heavy atom. The number of benzene rings is 2. The third-order valence-electron chi connectivity index (χ3n) is 3.91. The van der Waals surface area contributed by atoms with Gasteiger partial charge in [0.25, 0.3) is 0 Å². The lowest BCUT2D eigenvalue weighted by Gasteiger charge is -1.96. The Morgan fingerprint density at radius 3 is 1.16 bits per heavy atom. The number of carboxylic acid groups (broad SMARTS) is 2. The predicted octanol–water partition coefficient (Wildman–Crippen LogP) is 4.08. The highest BCUT2D eigenvalue weighted by Crippen LogP contribution is 2.11. The monoisotopic (exact) mass is 430 g/mol. The fourth-order valence-corrected chi connectivity index (χ4v) is 2.28. The molecule has 0 fully saturated rings. The Labute approximate surface area is 184 Å². The SMILES string of the molecule is Nc1ccc(C(=O)O)cc1.Nc1ccc(C(=O)O)cc1.c1ccc(-c2ccccn2)nc1. The minimum atomic E-state index is -0.931. The second kappa shape index (κ2) is 12.1. The zero-order valence-electron chi connectivity index (χ0n) is 17.0. The van der Waals surface area contributed by atoms with Gasteiger partial charge in [-0.15, -0.1) is 0 Å². The summed E-state index contributed by atoms with van der Waals surface area (Å²) in [4.78, 5) is 28.9. The average molecular weight is 430 g/mol. The van der Waals surface area contributed by atoms with Crippen molar-refractivity contribution >= 4 is 23.3 Å². The first-order chi connectivity index (χ1) is 15.4. The first-order valence-corrected chi connectivity index (χ1v) is 9.37. The molecule has 0 radical (unpaired) electrons. The summed E-state index contributed by atoms with van der Waals surface area (Å²) in [5.74, 6) is -1.86. The van der Waals surface area contributed by atoms with Gasteiger partial charge in [0.05, 0.1) is 22.5 Å². The fraction of sp³-hybridized carbons (Fsp3) is 0. The molecule has 0 aliphatic rings. The molecule has 4 aromatic rings. The second-order valence-electron chi connectivity index (χ2n) is 6.28. The van der Waals surface area contributed by atoms with Gasteiger partial charge in [0.2, 0.25) is 0 Å². The molecular weight excluding hydrogens is 408 g/mol. The molecule has 0 unspecified atom stereocenters. The number of aromatic carboxylic acids is 2. The number of nitrogens with two attached hydrogens (primary N) is 2. The van der Waals surface area contributed by atoms with Gasteiger partial charge in [-0.25, -0.2) is 9.59 Å². The lowest BCUT2D eigenvalue weighted by Crippen LogP contribution is -1.95. The number of nitrogens with zero attached hydrogens (tertiary/aromatic N) is 2. The normalized spacial score (nSPS) is 9.38. The Hall–Kier alpha value is -4.72. The van der Waals surface area contributed by atoms with Gasteiger partial charge >= 0.3 is 11.9 Å². The molecule has 2 aromatic carbocycles. The maximum atomic E-state index is 10.3. The molecule has 0 aliphatic heterocycles. The van der Waals surface area contributed by atoms with E-state index in [-0.39, 0.29) is 11.1 Å². The van der Waals surface area contributed by atoms with Gasteiger partial charge in [0.15, 0.2) is 0 Å². The highest BCUT2D eigenvalue weighted by atomic mass is 16.4. The molecule has 0 bridgehead atoms. The number of nitrogen functional groups attached to an aromatic ring is 2. The average Bonchev–Trinajstić information content (AvgIpc) is 2.82. The van der Waals surface area contributed by atoms with E-state index in [1.54, 1.807) is 36.7 Å². The molecule has 2 heterocycles. The van der Waals surface area contributed by atoms with Crippen molar-refractivity contribution in [1.29, 1.82) is 0 Å². The van der Waals surface area contributed by atoms with Crippen LogP contribution >= 0.6 is 0 Å². The molecular formula is C24H22N4O4. The molecule has 4 rings (SSSR count). The van der Waals surface area contributed by atoms with E-state index in [1.807, 2.05) is 36.4 Å². The van der Waals surface area contributed by atoms with Crippen LogP contribution in [0.2, 0.25) is 0 Å². The zero-order chi connectivity index (χ0) is 23.3. The number of aromatic nitrogens is 2. The first kappa shape index (κ1) is 23.6. The number of pyridine rings is 2. The Balaban J connectivity index is 0.000000171. The number of hydrogen-bond donors (Lipinski definition) is 4. The summed E-state index contributed by atoms with van der Waals surface area (Å²) in [6.07, 6.45) is 3.54. The molecule has 6 N–H and O–H groups in total. The van der Waals surface area contributed by atoms with Crippen LogP contribution in [0.4, 0.5) is 11.4 Å². The summed E-state index contributed by atoms with van der Waals surface area (Å²) in [5.41, 5.74) is 14.2. The van der Waals surface area contributed by atoms with Gasteiger partial charge in [-0.2, -0.15) is 0 Å². The number of anilines is 2. The van der Waals surface area contributed by atoms with Crippen molar-refractivity contribution in [2.75, 3.05) is 11.5 Å². The lowest BCUT2D eigenvalue weighted by molar-refractivity contribution is 0.0686. The minimum absolute atomic E-state index is 0.259. The summed E-state index contributed by atoms with van der Waals surface area (Å²) >= 11 is 0. The maximum Gasteiger partial charge on any atom is 0.335 e. The molecule has 32 heavy (non-hydrogen) atoms. The van der Waals surface area contributed by atoms with Crippen LogP contribution in [0.5, 0.6) is 0 Å². The van der Waals surface area contributed by atoms with Crippen molar-refractivity contribution in [3.05, 3.63) is 108 Å². The van der Waals surface area contributed by atoms with Crippen LogP contribution in [0.1, 0.15) is 20.7 Å². The quantitative estimate of drug-likeness (QED) is 0.355. The van der Waals surface area contributed by atoms with Crippen molar-refractivity contribution in [2.45, 2.75) is 0 Å². The highest BCUT2D eigenvalue weighted by molar-refractivity contribution is 5.88. The predicted molar refractivity (Wildman–Crippen MR) is 123 cm³/mol. The van der Waals surface area contributed by atoms with Gasteiger partial charge in [-0.1, -0.05) is 12.1 Å². The lowest BCUT2D eigenvalue weighted by atomic mass is 10.2. The third kappa shape index (κ3) is 7.96. The van der Waals surface area contributed by atoms with Crippen molar-refractivity contribution in [2.24, 2.45) is 0 Å². The summed E-state index contributed by atoms with van der Waals surface area (Å²) in [6.45, 7) is 0. The molecule has 0 spiro atoms. The van der Waals surface area contributed by atoms with Crippen LogP contribution in [-0.4, -0.2) is 32.1 Å². The minimum Gasteiger partial charge on any atom is -0.478 e. The largest absolute Gasteiger partial charge is 0.478 e. The second-order valence-corrected chi connectivity index (χ2v) is 6.28. The van der Waals surface area contributed by atoms with E-state index in [0.29, 0.717) is 11.4 Å². The first-order valence-electron chi connectivity index (χ1n) is 9.37. The van der Waals surface area contributed by atoms with Gasteiger partial charge in [-0.05, 0) is 72.8 Å². The van der Waals surface area contributed by atoms with Crippen LogP contribution < -0.4 is 11.5 Å². The molecule has 8 nitrogen and oxygen atoms in total. The number of rotatable bonds is 3. The van der Waals surface area contributed by atoms with E-state index in [1.165, 1.54) is 24.3 Å². The van der Waals surface area contributed by atoms with Crippen molar-refractivity contribution in [3.8, 4) is 11.4 Å². The van der Waals surface area contributed by atoms with Crippen molar-refractivity contribution in [1.82, 2.24) is 9.97 Å². The third-order valence-corrected chi connectivity index (χ3v) is 3.91. The number of hydrogen-bond acceptors (Lipinski definition) is 6. The molecule has 2 aromatic heterocycles. The molecule has 0 atom stereocenters.